The van der Waals surface area contributed by atoms with Gasteiger partial charge < -0.3 is 16.0 Å². The molecule has 1 aromatic carbocycles. The lowest BCUT2D eigenvalue weighted by Crippen LogP contribution is -2.22. The number of aromatic nitrogens is 2. The summed E-state index contributed by atoms with van der Waals surface area (Å²) in [5.41, 5.74) is 5.68. The third kappa shape index (κ3) is 4.84. The van der Waals surface area contributed by atoms with E-state index in [1.54, 1.807) is 22.7 Å². The Morgan fingerprint density at radius 1 is 1.12 bits per heavy atom. The van der Waals surface area contributed by atoms with Crippen molar-refractivity contribution in [2.75, 3.05) is 25.0 Å². The molecule has 33 heavy (non-hydrogen) atoms. The molecule has 0 spiro atoms. The molecule has 0 fully saturated rings. The highest BCUT2D eigenvalue weighted by molar-refractivity contribution is 7.23. The van der Waals surface area contributed by atoms with Crippen molar-refractivity contribution in [3.05, 3.63) is 53.2 Å². The number of fused-ring (bicyclic) bond motifs is 2. The number of carbonyl (C=O) groups excluding carboxylic acids is 1. The number of nitrogens with one attached hydrogen (secondary N) is 3. The van der Waals surface area contributed by atoms with Crippen LogP contribution in [0, 0.1) is 0 Å². The van der Waals surface area contributed by atoms with Gasteiger partial charge in [0, 0.05) is 42.3 Å². The highest BCUT2D eigenvalue weighted by atomic mass is 32.1. The maximum atomic E-state index is 12.7. The zero-order chi connectivity index (χ0) is 22.6. The van der Waals surface area contributed by atoms with Crippen LogP contribution in [0.1, 0.15) is 30.2 Å². The number of hydrogen-bond acceptors (Lipinski definition) is 7. The Bertz CT molecular complexity index is 1260. The molecule has 0 saturated carbocycles. The normalized spacial score (nSPS) is 13.2. The standard InChI is InChI=1S/C25H27N5OS2/c1-2-9-26-13-8-22(31)30-25-23(18-7-12-28-15-21(18)33-25)24-29-19-14-17(3-4-20(19)32-24)16-5-10-27-11-6-16/h3-6,10-11,14,26,28H,2,7-9,12-13,15H2,1H3,(H,30,31). The highest BCUT2D eigenvalue weighted by Crippen LogP contribution is 2.45. The minimum Gasteiger partial charge on any atom is -0.317 e. The summed E-state index contributed by atoms with van der Waals surface area (Å²) in [7, 11) is 0. The van der Waals surface area contributed by atoms with Gasteiger partial charge in [0.05, 0.1) is 10.2 Å². The van der Waals surface area contributed by atoms with Crippen LogP contribution in [-0.4, -0.2) is 35.5 Å². The Labute approximate surface area is 201 Å². The van der Waals surface area contributed by atoms with Gasteiger partial charge in [-0.2, -0.15) is 0 Å². The smallest absolute Gasteiger partial charge is 0.226 e. The molecule has 0 unspecified atom stereocenters. The Hall–Kier alpha value is -2.65. The van der Waals surface area contributed by atoms with Crippen LogP contribution in [0.3, 0.4) is 0 Å². The quantitative estimate of drug-likeness (QED) is 0.309. The number of rotatable bonds is 8. The van der Waals surface area contributed by atoms with Crippen molar-refractivity contribution in [1.82, 2.24) is 20.6 Å². The van der Waals surface area contributed by atoms with Crippen molar-refractivity contribution >= 4 is 43.8 Å². The van der Waals surface area contributed by atoms with Crippen LogP contribution in [0.4, 0.5) is 5.00 Å². The van der Waals surface area contributed by atoms with E-state index in [1.165, 1.54) is 10.4 Å². The molecular weight excluding hydrogens is 450 g/mol. The lowest BCUT2D eigenvalue weighted by molar-refractivity contribution is -0.116. The fourth-order valence-corrected chi connectivity index (χ4v) is 6.42. The van der Waals surface area contributed by atoms with Crippen molar-refractivity contribution < 1.29 is 4.79 Å². The molecule has 170 valence electrons. The molecular formula is C25H27N5OS2. The third-order valence-corrected chi connectivity index (χ3v) is 7.95. The Balaban J connectivity index is 1.47. The summed E-state index contributed by atoms with van der Waals surface area (Å²) < 4.78 is 1.15. The average Bonchev–Trinajstić information content (AvgIpc) is 3.42. The summed E-state index contributed by atoms with van der Waals surface area (Å²) in [4.78, 5) is 23.1. The SMILES string of the molecule is CCCNCCC(=O)Nc1sc2c(c1-c1nc3cc(-c4ccncc4)ccc3s1)CCNC2. The van der Waals surface area contributed by atoms with Crippen LogP contribution in [-0.2, 0) is 17.8 Å². The van der Waals surface area contributed by atoms with Crippen molar-refractivity contribution in [2.24, 2.45) is 0 Å². The first-order chi connectivity index (χ1) is 16.2. The molecule has 3 aromatic heterocycles. The van der Waals surface area contributed by atoms with Crippen molar-refractivity contribution in [2.45, 2.75) is 32.7 Å². The van der Waals surface area contributed by atoms with E-state index in [9.17, 15) is 4.79 Å². The molecule has 8 heteroatoms. The molecule has 5 rings (SSSR count). The van der Waals surface area contributed by atoms with Gasteiger partial charge in [-0.3, -0.25) is 9.78 Å². The number of amides is 1. The van der Waals surface area contributed by atoms with Crippen LogP contribution >= 0.6 is 22.7 Å². The van der Waals surface area contributed by atoms with E-state index in [0.717, 1.165) is 69.4 Å². The average molecular weight is 478 g/mol. The lowest BCUT2D eigenvalue weighted by Gasteiger charge is -2.13. The van der Waals surface area contributed by atoms with E-state index in [-0.39, 0.29) is 5.91 Å². The molecule has 0 aliphatic carbocycles. The van der Waals surface area contributed by atoms with Gasteiger partial charge in [0.1, 0.15) is 10.0 Å². The molecule has 0 saturated heterocycles. The van der Waals surface area contributed by atoms with Gasteiger partial charge in [-0.05, 0) is 66.9 Å². The first kappa shape index (κ1) is 22.2. The minimum atomic E-state index is 0.0486. The van der Waals surface area contributed by atoms with E-state index in [2.05, 4.69) is 46.1 Å². The maximum Gasteiger partial charge on any atom is 0.226 e. The molecule has 0 atom stereocenters. The van der Waals surface area contributed by atoms with E-state index in [0.29, 0.717) is 13.0 Å². The number of thiazole rings is 1. The van der Waals surface area contributed by atoms with Gasteiger partial charge in [0.15, 0.2) is 0 Å². The van der Waals surface area contributed by atoms with Crippen molar-refractivity contribution in [1.29, 1.82) is 0 Å². The molecule has 1 amide bonds. The molecule has 1 aliphatic rings. The number of thiophene rings is 1. The van der Waals surface area contributed by atoms with Crippen molar-refractivity contribution in [3.8, 4) is 21.7 Å². The maximum absolute atomic E-state index is 12.7. The van der Waals surface area contributed by atoms with Crippen LogP contribution in [0.2, 0.25) is 0 Å². The fraction of sp³-hybridized carbons (Fsp3) is 0.320. The highest BCUT2D eigenvalue weighted by Gasteiger charge is 2.25. The number of carbonyl (C=O) groups is 1. The number of benzene rings is 1. The van der Waals surface area contributed by atoms with Crippen LogP contribution < -0.4 is 16.0 Å². The van der Waals surface area contributed by atoms with Crippen LogP contribution in [0.15, 0.2) is 42.7 Å². The van der Waals surface area contributed by atoms with Crippen LogP contribution in [0.5, 0.6) is 0 Å². The molecule has 4 heterocycles. The lowest BCUT2D eigenvalue weighted by atomic mass is 10.0. The second-order valence-corrected chi connectivity index (χ2v) is 10.3. The topological polar surface area (TPSA) is 78.9 Å². The van der Waals surface area contributed by atoms with E-state index in [1.807, 2.05) is 24.5 Å². The van der Waals surface area contributed by atoms with Gasteiger partial charge in [-0.25, -0.2) is 4.98 Å². The predicted octanol–water partition coefficient (Wildman–Crippen LogP) is 5.06. The van der Waals surface area contributed by atoms with Gasteiger partial charge in [0.2, 0.25) is 5.91 Å². The third-order valence-electron chi connectivity index (χ3n) is 5.75. The molecule has 0 bridgehead atoms. The summed E-state index contributed by atoms with van der Waals surface area (Å²) >= 11 is 3.38. The Morgan fingerprint density at radius 2 is 2.00 bits per heavy atom. The Morgan fingerprint density at radius 3 is 2.85 bits per heavy atom. The molecule has 6 nitrogen and oxygen atoms in total. The summed E-state index contributed by atoms with van der Waals surface area (Å²) in [5.74, 6) is 0.0486. The monoisotopic (exact) mass is 477 g/mol. The van der Waals surface area contributed by atoms with E-state index >= 15 is 0 Å². The number of pyridine rings is 1. The fourth-order valence-electron chi connectivity index (χ4n) is 4.10. The summed E-state index contributed by atoms with van der Waals surface area (Å²) in [6.07, 6.45) is 6.11. The van der Waals surface area contributed by atoms with Gasteiger partial charge in [-0.15, -0.1) is 22.7 Å². The first-order valence-corrected chi connectivity index (χ1v) is 13.0. The van der Waals surface area contributed by atoms with Crippen LogP contribution in [0.25, 0.3) is 31.9 Å². The Kier molecular flexibility index (Phi) is 6.78. The van der Waals surface area contributed by atoms with E-state index in [4.69, 9.17) is 4.98 Å². The second-order valence-electron chi connectivity index (χ2n) is 8.12. The number of hydrogen-bond donors (Lipinski definition) is 3. The molecule has 0 radical (unpaired) electrons. The summed E-state index contributed by atoms with van der Waals surface area (Å²) in [6.45, 7) is 5.55. The number of nitrogens with zero attached hydrogens (tertiary/aromatic N) is 2. The second kappa shape index (κ2) is 10.1. The zero-order valence-electron chi connectivity index (χ0n) is 18.6. The van der Waals surface area contributed by atoms with Crippen molar-refractivity contribution in [3.63, 3.8) is 0 Å². The summed E-state index contributed by atoms with van der Waals surface area (Å²) in [5, 5.41) is 11.9. The zero-order valence-corrected chi connectivity index (χ0v) is 20.2. The molecule has 1 aliphatic heterocycles. The first-order valence-electron chi connectivity index (χ1n) is 11.4. The van der Waals surface area contributed by atoms with Gasteiger partial charge in [-0.1, -0.05) is 13.0 Å². The molecule has 3 N–H and O–H groups in total. The van der Waals surface area contributed by atoms with Gasteiger partial charge >= 0.3 is 0 Å². The largest absolute Gasteiger partial charge is 0.317 e. The predicted molar refractivity (Wildman–Crippen MR) is 138 cm³/mol. The van der Waals surface area contributed by atoms with Gasteiger partial charge in [0.25, 0.3) is 0 Å². The van der Waals surface area contributed by atoms with E-state index < -0.39 is 0 Å². The minimum absolute atomic E-state index is 0.0486. The summed E-state index contributed by atoms with van der Waals surface area (Å²) in [6, 6.07) is 10.4. The number of anilines is 1. The molecule has 4 aromatic rings.